The molecule has 0 radical (unpaired) electrons. The molecule has 0 saturated carbocycles. The van der Waals surface area contributed by atoms with Crippen molar-refractivity contribution in [1.82, 2.24) is 9.78 Å². The normalized spacial score (nSPS) is 14.1. The molecule has 0 bridgehead atoms. The van der Waals surface area contributed by atoms with Gasteiger partial charge in [0.2, 0.25) is 0 Å². The number of benzene rings is 1. The van der Waals surface area contributed by atoms with Crippen molar-refractivity contribution in [2.24, 2.45) is 4.99 Å². The number of halogens is 3. The molecular formula is C16H12F3N3O3. The number of hydrogen-bond donors (Lipinski definition) is 0. The Morgan fingerprint density at radius 1 is 1.28 bits per heavy atom. The van der Waals surface area contributed by atoms with Crippen LogP contribution in [0, 0.1) is 0 Å². The molecule has 6 nitrogen and oxygen atoms in total. The number of esters is 1. The van der Waals surface area contributed by atoms with E-state index in [-0.39, 0.29) is 30.1 Å². The zero-order chi connectivity index (χ0) is 18.2. The van der Waals surface area contributed by atoms with Gasteiger partial charge in [-0.15, -0.1) is 0 Å². The summed E-state index contributed by atoms with van der Waals surface area (Å²) in [4.78, 5) is 28.3. The lowest BCUT2D eigenvalue weighted by Crippen LogP contribution is -2.22. The van der Waals surface area contributed by atoms with Crippen LogP contribution in [-0.2, 0) is 10.9 Å². The number of nitrogens with zero attached hydrogens (tertiary/aromatic N) is 3. The minimum atomic E-state index is -4.45. The number of aliphatic imine (C=N–C) groups is 1. The first-order valence-corrected chi connectivity index (χ1v) is 7.34. The van der Waals surface area contributed by atoms with Gasteiger partial charge < -0.3 is 4.74 Å². The fourth-order valence-electron chi connectivity index (χ4n) is 2.39. The van der Waals surface area contributed by atoms with Crippen molar-refractivity contribution < 1.29 is 27.5 Å². The summed E-state index contributed by atoms with van der Waals surface area (Å²) in [6.45, 7) is 1.78. The third kappa shape index (κ3) is 3.17. The molecule has 1 aromatic heterocycles. The first kappa shape index (κ1) is 16.9. The average Bonchev–Trinajstić information content (AvgIpc) is 2.99. The molecule has 25 heavy (non-hydrogen) atoms. The van der Waals surface area contributed by atoms with E-state index in [1.807, 2.05) is 0 Å². The summed E-state index contributed by atoms with van der Waals surface area (Å²) >= 11 is 0. The van der Waals surface area contributed by atoms with Crippen LogP contribution in [0.5, 0.6) is 0 Å². The van der Waals surface area contributed by atoms with E-state index in [0.29, 0.717) is 5.56 Å². The van der Waals surface area contributed by atoms with Crippen LogP contribution in [0.3, 0.4) is 0 Å². The Labute approximate surface area is 139 Å². The third-order valence-electron chi connectivity index (χ3n) is 3.58. The summed E-state index contributed by atoms with van der Waals surface area (Å²) in [6.07, 6.45) is -3.40. The molecular weight excluding hydrogens is 339 g/mol. The van der Waals surface area contributed by atoms with Gasteiger partial charge in [0, 0.05) is 0 Å². The molecule has 0 atom stereocenters. The maximum Gasteiger partial charge on any atom is 0.416 e. The maximum atomic E-state index is 12.6. The second-order valence-corrected chi connectivity index (χ2v) is 5.22. The van der Waals surface area contributed by atoms with E-state index >= 15 is 0 Å². The highest BCUT2D eigenvalue weighted by atomic mass is 19.4. The van der Waals surface area contributed by atoms with Crippen LogP contribution in [0.25, 0.3) is 0 Å². The van der Waals surface area contributed by atoms with Crippen molar-refractivity contribution in [1.29, 1.82) is 0 Å². The number of ether oxygens (including phenoxy) is 1. The standard InChI is InChI=1S/C16H12F3N3O3/c1-2-25-15(24)11-8-20-22-13(23)7-12(21-14(11)22)9-3-5-10(6-4-9)16(17,18)19/h3-6,8H,2,7H2,1H3. The Kier molecular flexibility index (Phi) is 4.15. The van der Waals surface area contributed by atoms with E-state index in [4.69, 9.17) is 4.74 Å². The van der Waals surface area contributed by atoms with Gasteiger partial charge in [-0.3, -0.25) is 4.79 Å². The number of aromatic nitrogens is 2. The van der Waals surface area contributed by atoms with E-state index in [9.17, 15) is 22.8 Å². The molecule has 0 spiro atoms. The summed E-state index contributed by atoms with van der Waals surface area (Å²) in [7, 11) is 0. The third-order valence-corrected chi connectivity index (χ3v) is 3.58. The molecule has 130 valence electrons. The lowest BCUT2D eigenvalue weighted by Gasteiger charge is -2.14. The highest BCUT2D eigenvalue weighted by Gasteiger charge is 2.31. The van der Waals surface area contributed by atoms with Crippen molar-refractivity contribution in [2.75, 3.05) is 6.61 Å². The SMILES string of the molecule is CCOC(=O)c1cnn2c1N=C(c1ccc(C(F)(F)F)cc1)CC2=O. The molecule has 0 amide bonds. The van der Waals surface area contributed by atoms with Gasteiger partial charge in [0.05, 0.1) is 30.5 Å². The van der Waals surface area contributed by atoms with E-state index in [2.05, 4.69) is 10.1 Å². The van der Waals surface area contributed by atoms with Gasteiger partial charge >= 0.3 is 12.1 Å². The predicted octanol–water partition coefficient (Wildman–Crippen LogP) is 3.24. The van der Waals surface area contributed by atoms with Crippen molar-refractivity contribution in [3.63, 3.8) is 0 Å². The molecule has 0 unspecified atom stereocenters. The van der Waals surface area contributed by atoms with Crippen molar-refractivity contribution in [3.05, 3.63) is 47.2 Å². The van der Waals surface area contributed by atoms with Gasteiger partial charge in [0.25, 0.3) is 5.91 Å². The van der Waals surface area contributed by atoms with Crippen LogP contribution < -0.4 is 0 Å². The molecule has 0 aliphatic carbocycles. The first-order valence-electron chi connectivity index (χ1n) is 7.34. The van der Waals surface area contributed by atoms with E-state index < -0.39 is 23.6 Å². The molecule has 0 N–H and O–H groups in total. The summed E-state index contributed by atoms with van der Waals surface area (Å²) in [6, 6.07) is 4.32. The Hall–Kier alpha value is -2.97. The summed E-state index contributed by atoms with van der Waals surface area (Å²) in [5.41, 5.74) is -0.142. The zero-order valence-corrected chi connectivity index (χ0v) is 13.0. The van der Waals surface area contributed by atoms with Crippen molar-refractivity contribution >= 4 is 23.4 Å². The molecule has 1 aromatic carbocycles. The van der Waals surface area contributed by atoms with Gasteiger partial charge in [0.1, 0.15) is 5.56 Å². The lowest BCUT2D eigenvalue weighted by atomic mass is 10.0. The molecule has 2 heterocycles. The van der Waals surface area contributed by atoms with E-state index in [0.717, 1.165) is 16.8 Å². The molecule has 9 heteroatoms. The van der Waals surface area contributed by atoms with E-state index in [1.54, 1.807) is 6.92 Å². The lowest BCUT2D eigenvalue weighted by molar-refractivity contribution is -0.137. The van der Waals surface area contributed by atoms with Crippen LogP contribution in [0.15, 0.2) is 35.5 Å². The zero-order valence-electron chi connectivity index (χ0n) is 13.0. The Balaban J connectivity index is 2.00. The molecule has 3 rings (SSSR count). The number of fused-ring (bicyclic) bond motifs is 1. The molecule has 0 saturated heterocycles. The van der Waals surface area contributed by atoms with Gasteiger partial charge in [-0.2, -0.15) is 23.0 Å². The second kappa shape index (κ2) is 6.15. The summed E-state index contributed by atoms with van der Waals surface area (Å²) < 4.78 is 43.8. The summed E-state index contributed by atoms with van der Waals surface area (Å²) in [5.74, 6) is -1.09. The van der Waals surface area contributed by atoms with Gasteiger partial charge in [-0.05, 0) is 24.6 Å². The van der Waals surface area contributed by atoms with Gasteiger partial charge in [-0.25, -0.2) is 9.79 Å². The topological polar surface area (TPSA) is 73.5 Å². The fraction of sp³-hybridized carbons (Fsp3) is 0.250. The molecule has 0 fully saturated rings. The van der Waals surface area contributed by atoms with Crippen LogP contribution in [-0.4, -0.2) is 34.0 Å². The van der Waals surface area contributed by atoms with Crippen LogP contribution in [0.4, 0.5) is 19.0 Å². The van der Waals surface area contributed by atoms with Crippen LogP contribution in [0.2, 0.25) is 0 Å². The Bertz CT molecular complexity index is 867. The van der Waals surface area contributed by atoms with Gasteiger partial charge in [0.15, 0.2) is 5.82 Å². The van der Waals surface area contributed by atoms with Crippen LogP contribution >= 0.6 is 0 Å². The quantitative estimate of drug-likeness (QED) is 0.796. The van der Waals surface area contributed by atoms with Gasteiger partial charge in [-0.1, -0.05) is 12.1 Å². The number of carbonyl (C=O) groups is 2. The predicted molar refractivity (Wildman–Crippen MR) is 81.1 cm³/mol. The summed E-state index contributed by atoms with van der Waals surface area (Å²) in [5, 5.41) is 3.83. The maximum absolute atomic E-state index is 12.6. The van der Waals surface area contributed by atoms with Crippen molar-refractivity contribution in [3.8, 4) is 0 Å². The van der Waals surface area contributed by atoms with Crippen LogP contribution in [0.1, 0.15) is 39.6 Å². The highest BCUT2D eigenvalue weighted by molar-refractivity contribution is 6.15. The largest absolute Gasteiger partial charge is 0.462 e. The second-order valence-electron chi connectivity index (χ2n) is 5.22. The Morgan fingerprint density at radius 2 is 1.96 bits per heavy atom. The minimum absolute atomic E-state index is 0.0181. The fourth-order valence-corrected chi connectivity index (χ4v) is 2.39. The Morgan fingerprint density at radius 3 is 2.56 bits per heavy atom. The highest BCUT2D eigenvalue weighted by Crippen LogP contribution is 2.30. The minimum Gasteiger partial charge on any atom is -0.462 e. The molecule has 1 aliphatic heterocycles. The molecule has 1 aliphatic rings. The first-order chi connectivity index (χ1) is 11.8. The smallest absolute Gasteiger partial charge is 0.416 e. The van der Waals surface area contributed by atoms with E-state index in [1.165, 1.54) is 18.3 Å². The number of hydrogen-bond acceptors (Lipinski definition) is 5. The number of carbonyl (C=O) groups excluding carboxylic acids is 2. The number of alkyl halides is 3. The average molecular weight is 351 g/mol. The monoisotopic (exact) mass is 351 g/mol. The molecule has 2 aromatic rings. The number of rotatable bonds is 3. The van der Waals surface area contributed by atoms with Crippen molar-refractivity contribution in [2.45, 2.75) is 19.5 Å².